The van der Waals surface area contributed by atoms with Crippen LogP contribution in [0.5, 0.6) is 0 Å². The van der Waals surface area contributed by atoms with Gasteiger partial charge >= 0.3 is 11.8 Å². The van der Waals surface area contributed by atoms with E-state index in [4.69, 9.17) is 0 Å². The fourth-order valence-corrected chi connectivity index (χ4v) is 0.911. The third kappa shape index (κ3) is 3.83. The molecule has 0 aromatic carbocycles. The molecule has 0 fully saturated rings. The maximum absolute atomic E-state index is 12.0. The first-order chi connectivity index (χ1) is 7.93. The monoisotopic (exact) mass is 300 g/mol. The number of ether oxygens (including phenoxy) is 1. The molecule has 0 bridgehead atoms. The van der Waals surface area contributed by atoms with Crippen molar-refractivity contribution in [3.63, 3.8) is 0 Å². The van der Waals surface area contributed by atoms with Crippen LogP contribution in [0.15, 0.2) is 0 Å². The van der Waals surface area contributed by atoms with Crippen molar-refractivity contribution >= 4 is 16.3 Å². The van der Waals surface area contributed by atoms with Gasteiger partial charge in [0, 0.05) is 0 Å². The molecule has 0 rings (SSSR count). The van der Waals surface area contributed by atoms with Crippen LogP contribution in [0, 0.1) is 20.2 Å². The first-order valence-corrected chi connectivity index (χ1v) is 4.88. The molecule has 0 N–H and O–H groups in total. The van der Waals surface area contributed by atoms with Gasteiger partial charge in [0.1, 0.15) is 9.85 Å². The van der Waals surface area contributed by atoms with Crippen molar-refractivity contribution in [2.24, 2.45) is 0 Å². The van der Waals surface area contributed by atoms with E-state index in [9.17, 15) is 41.2 Å². The first-order valence-electron chi connectivity index (χ1n) is 3.85. The summed E-state index contributed by atoms with van der Waals surface area (Å²) in [4.78, 5) is 17.5. The molecule has 0 aliphatic rings. The van der Waals surface area contributed by atoms with Gasteiger partial charge in [0.25, 0.3) is 0 Å². The van der Waals surface area contributed by atoms with Gasteiger partial charge in [-0.05, 0) is 0 Å². The van der Waals surface area contributed by atoms with E-state index in [-0.39, 0.29) is 0 Å². The lowest BCUT2D eigenvalue weighted by molar-refractivity contribution is -0.793. The Labute approximate surface area is 98.3 Å². The van der Waals surface area contributed by atoms with Crippen LogP contribution in [-0.4, -0.2) is 33.3 Å². The SMILES string of the molecule is CC(COC(=S(F)F)C(F)(F)F)([N+](=O)[O-])[N+](=O)[O-]. The summed E-state index contributed by atoms with van der Waals surface area (Å²) >= 11 is -4.36. The quantitative estimate of drug-likeness (QED) is 0.260. The van der Waals surface area contributed by atoms with Gasteiger partial charge < -0.3 is 4.74 Å². The van der Waals surface area contributed by atoms with Crippen LogP contribution in [-0.2, 0) is 4.74 Å². The molecular formula is C5H5F5N2O5S. The fourth-order valence-electron chi connectivity index (χ4n) is 0.588. The van der Waals surface area contributed by atoms with E-state index in [1.807, 2.05) is 0 Å². The number of nitrogens with zero attached hydrogens (tertiary/aromatic N) is 2. The lowest BCUT2D eigenvalue weighted by Gasteiger charge is -2.14. The first kappa shape index (κ1) is 16.6. The van der Waals surface area contributed by atoms with Crippen molar-refractivity contribution < 1.29 is 35.5 Å². The van der Waals surface area contributed by atoms with E-state index in [0.717, 1.165) is 0 Å². The van der Waals surface area contributed by atoms with Crippen LogP contribution in [0.1, 0.15) is 6.92 Å². The molecule has 7 nitrogen and oxygen atoms in total. The van der Waals surface area contributed by atoms with Gasteiger partial charge in [-0.3, -0.25) is 20.2 Å². The van der Waals surface area contributed by atoms with Crippen LogP contribution < -0.4 is 0 Å². The number of nitro groups is 2. The summed E-state index contributed by atoms with van der Waals surface area (Å²) in [6, 6.07) is 0. The highest BCUT2D eigenvalue weighted by Gasteiger charge is 2.53. The Morgan fingerprint density at radius 3 is 1.83 bits per heavy atom. The molecule has 106 valence electrons. The Bertz CT molecular complexity index is 378. The second-order valence-corrected chi connectivity index (χ2v) is 3.81. The van der Waals surface area contributed by atoms with Crippen molar-refractivity contribution in [1.29, 1.82) is 0 Å². The molecule has 0 radical (unpaired) electrons. The van der Waals surface area contributed by atoms with Crippen LogP contribution in [0.2, 0.25) is 0 Å². The molecular weight excluding hydrogens is 295 g/mol. The largest absolute Gasteiger partial charge is 0.478 e. The highest BCUT2D eigenvalue weighted by atomic mass is 32.2. The lowest BCUT2D eigenvalue weighted by atomic mass is 10.2. The number of halogens is 5. The van der Waals surface area contributed by atoms with Crippen molar-refractivity contribution in [3.05, 3.63) is 20.2 Å². The predicted molar refractivity (Wildman–Crippen MR) is 49.2 cm³/mol. The van der Waals surface area contributed by atoms with Gasteiger partial charge in [-0.25, -0.2) is 0 Å². The Kier molecular flexibility index (Phi) is 5.09. The smallest absolute Gasteiger partial charge is 0.317 e. The van der Waals surface area contributed by atoms with Gasteiger partial charge in [-0.1, -0.05) is 0 Å². The maximum atomic E-state index is 12.0. The van der Waals surface area contributed by atoms with Gasteiger partial charge in [-0.2, -0.15) is 13.2 Å². The summed E-state index contributed by atoms with van der Waals surface area (Å²) < 4.78 is 63.4. The summed E-state index contributed by atoms with van der Waals surface area (Å²) in [7, 11) is 0. The topological polar surface area (TPSA) is 95.5 Å². The molecule has 0 heterocycles. The second-order valence-electron chi connectivity index (χ2n) is 3.02. The minimum atomic E-state index is -5.55. The van der Waals surface area contributed by atoms with Crippen molar-refractivity contribution in [2.45, 2.75) is 18.8 Å². The standard InChI is InChI=1S/C5H5F5N2O5S/c1-4(11(13)14,12(15)16)2-17-3(18(9)10)5(6,7)8/h2H2,1H3. The van der Waals surface area contributed by atoms with Gasteiger partial charge in [0.15, 0.2) is 6.61 Å². The number of rotatable bonds is 4. The highest BCUT2D eigenvalue weighted by Crippen LogP contribution is 2.30. The minimum absolute atomic E-state index is 0.343. The van der Waals surface area contributed by atoms with Crippen LogP contribution in [0.4, 0.5) is 20.9 Å². The summed E-state index contributed by atoms with van der Waals surface area (Å²) in [6.45, 7) is -1.42. The van der Waals surface area contributed by atoms with Gasteiger partial charge in [-0.15, -0.1) is 7.77 Å². The van der Waals surface area contributed by atoms with Crippen LogP contribution in [0.25, 0.3) is 0 Å². The van der Waals surface area contributed by atoms with E-state index in [2.05, 4.69) is 4.74 Å². The molecule has 0 saturated carbocycles. The van der Waals surface area contributed by atoms with E-state index >= 15 is 0 Å². The summed E-state index contributed by atoms with van der Waals surface area (Å²) in [6.07, 6.45) is -5.55. The molecule has 18 heavy (non-hydrogen) atoms. The zero-order valence-corrected chi connectivity index (χ0v) is 9.26. The molecule has 0 atom stereocenters. The highest BCUT2D eigenvalue weighted by molar-refractivity contribution is 8.06. The van der Waals surface area contributed by atoms with E-state index < -0.39 is 44.6 Å². The molecule has 0 aromatic rings. The number of hydrogen-bond donors (Lipinski definition) is 0. The zero-order chi connectivity index (χ0) is 14.7. The van der Waals surface area contributed by atoms with E-state index in [1.54, 1.807) is 0 Å². The normalized spacial score (nSPS) is 12.6. The average molecular weight is 300 g/mol. The molecule has 0 aromatic heterocycles. The summed E-state index contributed by atoms with van der Waals surface area (Å²) in [5.74, 6) is 0. The second kappa shape index (κ2) is 5.51. The zero-order valence-electron chi connectivity index (χ0n) is 8.44. The minimum Gasteiger partial charge on any atom is -0.317 e. The predicted octanol–water partition coefficient (Wildman–Crippen LogP) is 2.00. The van der Waals surface area contributed by atoms with Crippen LogP contribution in [0.3, 0.4) is 0 Å². The summed E-state index contributed by atoms with van der Waals surface area (Å²) in [5.41, 5.74) is -3.14. The fraction of sp³-hybridized carbons (Fsp3) is 0.800. The summed E-state index contributed by atoms with van der Waals surface area (Å²) in [5, 5.41) is 17.9. The molecule has 0 aliphatic carbocycles. The van der Waals surface area contributed by atoms with E-state index in [1.165, 1.54) is 0 Å². The molecule has 13 heteroatoms. The third-order valence-corrected chi connectivity index (χ3v) is 2.26. The number of alkyl halides is 3. The average Bonchev–Trinajstić information content (AvgIpc) is 2.13. The van der Waals surface area contributed by atoms with Gasteiger partial charge in [0.2, 0.25) is 16.3 Å². The molecule has 0 saturated heterocycles. The van der Waals surface area contributed by atoms with Crippen molar-refractivity contribution in [2.75, 3.05) is 6.61 Å². The number of hydrogen-bond acceptors (Lipinski definition) is 5. The van der Waals surface area contributed by atoms with Crippen LogP contribution >= 0.6 is 11.3 Å². The molecule has 0 amide bonds. The molecule has 0 unspecified atom stereocenters. The lowest BCUT2D eigenvalue weighted by Crippen LogP contribution is -2.48. The molecule has 0 aliphatic heterocycles. The Balaban J connectivity index is 5.10. The van der Waals surface area contributed by atoms with Crippen molar-refractivity contribution in [3.8, 4) is 0 Å². The Hall–Kier alpha value is -1.37. The Morgan fingerprint density at radius 2 is 1.61 bits per heavy atom. The maximum Gasteiger partial charge on any atom is 0.478 e. The molecule has 0 spiro atoms. The third-order valence-electron chi connectivity index (χ3n) is 1.63. The van der Waals surface area contributed by atoms with E-state index in [0.29, 0.717) is 6.92 Å². The van der Waals surface area contributed by atoms with Gasteiger partial charge in [0.05, 0.1) is 6.92 Å². The Morgan fingerprint density at radius 1 is 1.22 bits per heavy atom. The van der Waals surface area contributed by atoms with Crippen molar-refractivity contribution in [1.82, 2.24) is 0 Å².